The predicted octanol–water partition coefficient (Wildman–Crippen LogP) is 2.47. The number of anilines is 1. The van der Waals surface area contributed by atoms with E-state index in [2.05, 4.69) is 10.6 Å². The summed E-state index contributed by atoms with van der Waals surface area (Å²) in [7, 11) is 0. The molecule has 20 heavy (non-hydrogen) atoms. The summed E-state index contributed by atoms with van der Waals surface area (Å²) in [5, 5.41) is 6.14. The van der Waals surface area contributed by atoms with Crippen molar-refractivity contribution >= 4 is 40.8 Å². The molecule has 110 valence electrons. The third kappa shape index (κ3) is 5.77. The van der Waals surface area contributed by atoms with Gasteiger partial charge in [0.05, 0.1) is 35.3 Å². The minimum atomic E-state index is -0.293. The van der Waals surface area contributed by atoms with Gasteiger partial charge in [0.1, 0.15) is 0 Å². The quantitative estimate of drug-likeness (QED) is 0.598. The molecule has 1 rings (SSSR count). The lowest BCUT2D eigenvalue weighted by atomic mass is 10.3. The first-order valence-electron chi connectivity index (χ1n) is 6.14. The maximum Gasteiger partial charge on any atom is 0.307 e. The fourth-order valence-corrected chi connectivity index (χ4v) is 1.77. The van der Waals surface area contributed by atoms with Crippen molar-refractivity contribution in [2.24, 2.45) is 0 Å². The molecule has 0 unspecified atom stereocenters. The van der Waals surface area contributed by atoms with E-state index in [4.69, 9.17) is 27.9 Å². The monoisotopic (exact) mass is 318 g/mol. The van der Waals surface area contributed by atoms with Gasteiger partial charge in [0, 0.05) is 6.54 Å². The van der Waals surface area contributed by atoms with E-state index < -0.39 is 0 Å². The van der Waals surface area contributed by atoms with Crippen LogP contribution in [-0.4, -0.2) is 31.6 Å². The minimum absolute atomic E-state index is 0.0717. The lowest BCUT2D eigenvalue weighted by molar-refractivity contribution is -0.143. The normalized spacial score (nSPS) is 10.2. The number of carbonyl (C=O) groups is 2. The Morgan fingerprint density at radius 1 is 1.30 bits per heavy atom. The molecule has 0 spiro atoms. The third-order valence-electron chi connectivity index (χ3n) is 2.32. The van der Waals surface area contributed by atoms with Gasteiger partial charge in [-0.15, -0.1) is 0 Å². The summed E-state index contributed by atoms with van der Waals surface area (Å²) in [6, 6.07) is 4.99. The van der Waals surface area contributed by atoms with Gasteiger partial charge in [-0.1, -0.05) is 29.3 Å². The topological polar surface area (TPSA) is 67.4 Å². The van der Waals surface area contributed by atoms with Crippen LogP contribution in [0.15, 0.2) is 18.2 Å². The Morgan fingerprint density at radius 2 is 2.05 bits per heavy atom. The van der Waals surface area contributed by atoms with Crippen molar-refractivity contribution in [3.8, 4) is 0 Å². The second-order valence-electron chi connectivity index (χ2n) is 3.88. The lowest BCUT2D eigenvalue weighted by Gasteiger charge is -2.09. The van der Waals surface area contributed by atoms with Crippen molar-refractivity contribution < 1.29 is 14.3 Å². The van der Waals surface area contributed by atoms with Gasteiger partial charge in [-0.25, -0.2) is 0 Å². The molecule has 0 radical (unpaired) electrons. The molecule has 1 aromatic carbocycles. The van der Waals surface area contributed by atoms with Gasteiger partial charge in [0.2, 0.25) is 5.91 Å². The van der Waals surface area contributed by atoms with Crippen LogP contribution in [0.3, 0.4) is 0 Å². The third-order valence-corrected chi connectivity index (χ3v) is 3.14. The number of carbonyl (C=O) groups excluding carboxylic acids is 2. The van der Waals surface area contributed by atoms with Crippen molar-refractivity contribution in [3.05, 3.63) is 28.2 Å². The second kappa shape index (κ2) is 8.79. The number of amides is 1. The lowest BCUT2D eigenvalue weighted by Crippen LogP contribution is -2.30. The molecular weight excluding hydrogens is 303 g/mol. The number of rotatable bonds is 7. The molecule has 0 aliphatic carbocycles. The van der Waals surface area contributed by atoms with Crippen LogP contribution in [0, 0.1) is 0 Å². The molecule has 2 N–H and O–H groups in total. The van der Waals surface area contributed by atoms with E-state index in [0.29, 0.717) is 28.9 Å². The van der Waals surface area contributed by atoms with Crippen molar-refractivity contribution in [3.63, 3.8) is 0 Å². The summed E-state index contributed by atoms with van der Waals surface area (Å²) in [6.45, 7) is 2.54. The number of hydrogen-bond acceptors (Lipinski definition) is 4. The number of halogens is 2. The van der Waals surface area contributed by atoms with Crippen molar-refractivity contribution in [1.29, 1.82) is 0 Å². The Morgan fingerprint density at radius 3 is 2.75 bits per heavy atom. The van der Waals surface area contributed by atoms with E-state index in [1.807, 2.05) is 0 Å². The van der Waals surface area contributed by atoms with Crippen LogP contribution in [0.4, 0.5) is 5.69 Å². The SMILES string of the molecule is CCOC(=O)CCNCC(=O)Nc1cccc(Cl)c1Cl. The van der Waals surface area contributed by atoms with E-state index in [1.165, 1.54) is 0 Å². The Kier molecular flexibility index (Phi) is 7.36. The Bertz CT molecular complexity index is 481. The summed E-state index contributed by atoms with van der Waals surface area (Å²) in [6.07, 6.45) is 0.221. The summed E-state index contributed by atoms with van der Waals surface area (Å²) in [5.74, 6) is -0.559. The average Bonchev–Trinajstić information content (AvgIpc) is 2.40. The van der Waals surface area contributed by atoms with Crippen LogP contribution in [0.5, 0.6) is 0 Å². The molecule has 0 aromatic heterocycles. The van der Waals surface area contributed by atoms with Crippen molar-refractivity contribution in [2.45, 2.75) is 13.3 Å². The highest BCUT2D eigenvalue weighted by Gasteiger charge is 2.08. The summed E-state index contributed by atoms with van der Waals surface area (Å²) in [4.78, 5) is 22.7. The predicted molar refractivity (Wildman–Crippen MR) is 79.2 cm³/mol. The van der Waals surface area contributed by atoms with Crippen LogP contribution >= 0.6 is 23.2 Å². The Labute approximate surface area is 127 Å². The number of nitrogens with one attached hydrogen (secondary N) is 2. The van der Waals surface area contributed by atoms with E-state index in [-0.39, 0.29) is 24.8 Å². The van der Waals surface area contributed by atoms with Gasteiger partial charge in [0.25, 0.3) is 0 Å². The van der Waals surface area contributed by atoms with Crippen molar-refractivity contribution in [1.82, 2.24) is 5.32 Å². The fraction of sp³-hybridized carbons (Fsp3) is 0.385. The maximum absolute atomic E-state index is 11.7. The molecule has 0 bridgehead atoms. The molecule has 0 aliphatic rings. The first-order chi connectivity index (χ1) is 9.54. The van der Waals surface area contributed by atoms with Crippen LogP contribution in [0.2, 0.25) is 10.0 Å². The second-order valence-corrected chi connectivity index (χ2v) is 4.67. The van der Waals surface area contributed by atoms with Crippen LogP contribution < -0.4 is 10.6 Å². The molecule has 0 saturated heterocycles. The largest absolute Gasteiger partial charge is 0.466 e. The van der Waals surface area contributed by atoms with Crippen LogP contribution in [-0.2, 0) is 14.3 Å². The molecule has 7 heteroatoms. The Hall–Kier alpha value is -1.30. The highest BCUT2D eigenvalue weighted by Crippen LogP contribution is 2.29. The molecule has 5 nitrogen and oxygen atoms in total. The van der Waals surface area contributed by atoms with E-state index in [0.717, 1.165) is 0 Å². The molecule has 0 atom stereocenters. The number of ether oxygens (including phenoxy) is 1. The number of benzene rings is 1. The van der Waals surface area contributed by atoms with E-state index in [1.54, 1.807) is 25.1 Å². The smallest absolute Gasteiger partial charge is 0.307 e. The van der Waals surface area contributed by atoms with Crippen LogP contribution in [0.1, 0.15) is 13.3 Å². The standard InChI is InChI=1S/C13H16Cl2N2O3/c1-2-20-12(19)6-7-16-8-11(18)17-10-5-3-4-9(14)13(10)15/h3-5,16H,2,6-8H2,1H3,(H,17,18). The van der Waals surface area contributed by atoms with E-state index in [9.17, 15) is 9.59 Å². The van der Waals surface area contributed by atoms with Gasteiger partial charge in [-0.05, 0) is 19.1 Å². The zero-order valence-electron chi connectivity index (χ0n) is 11.0. The molecule has 0 saturated carbocycles. The van der Waals surface area contributed by atoms with Crippen LogP contribution in [0.25, 0.3) is 0 Å². The highest BCUT2D eigenvalue weighted by atomic mass is 35.5. The van der Waals surface area contributed by atoms with Gasteiger partial charge in [-0.3, -0.25) is 9.59 Å². The summed E-state index contributed by atoms with van der Waals surface area (Å²) < 4.78 is 4.76. The fourth-order valence-electron chi connectivity index (χ4n) is 1.42. The summed E-state index contributed by atoms with van der Waals surface area (Å²) in [5.41, 5.74) is 0.455. The number of hydrogen-bond donors (Lipinski definition) is 2. The van der Waals surface area contributed by atoms with Gasteiger partial charge >= 0.3 is 5.97 Å². The zero-order valence-corrected chi connectivity index (χ0v) is 12.6. The van der Waals surface area contributed by atoms with Gasteiger partial charge in [0.15, 0.2) is 0 Å². The molecular formula is C13H16Cl2N2O3. The van der Waals surface area contributed by atoms with E-state index >= 15 is 0 Å². The Balaban J connectivity index is 2.30. The molecule has 1 aromatic rings. The first kappa shape index (κ1) is 16.8. The molecule has 0 aliphatic heterocycles. The van der Waals surface area contributed by atoms with Gasteiger partial charge in [-0.2, -0.15) is 0 Å². The molecule has 0 fully saturated rings. The highest BCUT2D eigenvalue weighted by molar-refractivity contribution is 6.43. The average molecular weight is 319 g/mol. The molecule has 0 heterocycles. The summed E-state index contributed by atoms with van der Waals surface area (Å²) >= 11 is 11.8. The minimum Gasteiger partial charge on any atom is -0.466 e. The van der Waals surface area contributed by atoms with Gasteiger partial charge < -0.3 is 15.4 Å². The van der Waals surface area contributed by atoms with Crippen molar-refractivity contribution in [2.75, 3.05) is 25.0 Å². The zero-order chi connectivity index (χ0) is 15.0. The molecule has 1 amide bonds. The first-order valence-corrected chi connectivity index (χ1v) is 6.90. The maximum atomic E-state index is 11.7. The number of esters is 1.